The zero-order chi connectivity index (χ0) is 23.5. The predicted molar refractivity (Wildman–Crippen MR) is 118 cm³/mol. The first-order valence-corrected chi connectivity index (χ1v) is 11.9. The molecule has 0 spiro atoms. The molecule has 0 unspecified atom stereocenters. The maximum Gasteiger partial charge on any atom is 0.414 e. The van der Waals surface area contributed by atoms with Crippen molar-refractivity contribution in [3.63, 3.8) is 0 Å². The number of aliphatic hydroxyl groups excluding tert-OH is 1. The standard InChI is InChI=1S/C22H26N2O7S/c1-22(20(26)23-28,32(2,29)30)13-19-14-24(21(27)31-19)18-9-7-17(8-10-18)16-5-3-15(4-6-16)11-12-25/h3-10,19,25,28H,11-14H2,1-2H3,(H,23,26)/t19-,22+/m0/s1. The number of benzene rings is 2. The lowest BCUT2D eigenvalue weighted by molar-refractivity contribution is -0.132. The zero-order valence-corrected chi connectivity index (χ0v) is 18.6. The van der Waals surface area contributed by atoms with Crippen LogP contribution in [-0.2, 0) is 25.8 Å². The molecule has 172 valence electrons. The summed E-state index contributed by atoms with van der Waals surface area (Å²) in [5.41, 5.74) is 4.93. The van der Waals surface area contributed by atoms with Gasteiger partial charge in [0.2, 0.25) is 0 Å². The van der Waals surface area contributed by atoms with Gasteiger partial charge >= 0.3 is 6.09 Å². The van der Waals surface area contributed by atoms with E-state index in [-0.39, 0.29) is 19.6 Å². The number of ether oxygens (including phenoxy) is 1. The fourth-order valence-electron chi connectivity index (χ4n) is 3.63. The number of sulfone groups is 1. The summed E-state index contributed by atoms with van der Waals surface area (Å²) in [6, 6.07) is 15.0. The van der Waals surface area contributed by atoms with E-state index in [4.69, 9.17) is 15.1 Å². The fraction of sp³-hybridized carbons (Fsp3) is 0.364. The molecule has 0 aromatic heterocycles. The van der Waals surface area contributed by atoms with Gasteiger partial charge in [0, 0.05) is 25.0 Å². The number of nitrogens with one attached hydrogen (secondary N) is 1. The van der Waals surface area contributed by atoms with Crippen LogP contribution in [0.1, 0.15) is 18.9 Å². The smallest absolute Gasteiger partial charge is 0.414 e. The lowest BCUT2D eigenvalue weighted by Gasteiger charge is -2.26. The van der Waals surface area contributed by atoms with E-state index in [1.165, 1.54) is 17.3 Å². The van der Waals surface area contributed by atoms with Crippen LogP contribution in [0, 0.1) is 0 Å². The summed E-state index contributed by atoms with van der Waals surface area (Å²) in [5, 5.41) is 18.0. The van der Waals surface area contributed by atoms with Crippen molar-refractivity contribution in [1.29, 1.82) is 0 Å². The quantitative estimate of drug-likeness (QED) is 0.403. The molecule has 0 radical (unpaired) electrons. The van der Waals surface area contributed by atoms with Crippen LogP contribution < -0.4 is 10.4 Å². The monoisotopic (exact) mass is 462 g/mol. The van der Waals surface area contributed by atoms with E-state index in [0.717, 1.165) is 22.9 Å². The highest BCUT2D eigenvalue weighted by Crippen LogP contribution is 2.31. The van der Waals surface area contributed by atoms with Crippen LogP contribution in [0.3, 0.4) is 0 Å². The van der Waals surface area contributed by atoms with Gasteiger partial charge in [0.15, 0.2) is 14.6 Å². The first-order valence-electron chi connectivity index (χ1n) is 10.0. The molecule has 1 aliphatic rings. The Morgan fingerprint density at radius 3 is 2.22 bits per heavy atom. The van der Waals surface area contributed by atoms with Gasteiger partial charge in [-0.3, -0.25) is 14.9 Å². The minimum absolute atomic E-state index is 0.0673. The number of amides is 2. The van der Waals surface area contributed by atoms with Crippen molar-refractivity contribution >= 4 is 27.5 Å². The van der Waals surface area contributed by atoms with Gasteiger partial charge in [-0.05, 0) is 42.2 Å². The zero-order valence-electron chi connectivity index (χ0n) is 17.8. The summed E-state index contributed by atoms with van der Waals surface area (Å²) in [4.78, 5) is 25.8. The van der Waals surface area contributed by atoms with E-state index < -0.39 is 32.7 Å². The van der Waals surface area contributed by atoms with Gasteiger partial charge < -0.3 is 9.84 Å². The summed E-state index contributed by atoms with van der Waals surface area (Å²) in [5.74, 6) is -1.08. The van der Waals surface area contributed by atoms with Gasteiger partial charge in [0.1, 0.15) is 6.10 Å². The summed E-state index contributed by atoms with van der Waals surface area (Å²) in [6.07, 6.45) is -0.296. The molecule has 0 bridgehead atoms. The largest absolute Gasteiger partial charge is 0.444 e. The number of rotatable bonds is 8. The van der Waals surface area contributed by atoms with E-state index in [1.54, 1.807) is 12.1 Å². The molecule has 1 saturated heterocycles. The second kappa shape index (κ2) is 9.27. The van der Waals surface area contributed by atoms with Gasteiger partial charge in [0.05, 0.1) is 6.54 Å². The van der Waals surface area contributed by atoms with Gasteiger partial charge in [-0.15, -0.1) is 0 Å². The Morgan fingerprint density at radius 1 is 1.16 bits per heavy atom. The van der Waals surface area contributed by atoms with Crippen LogP contribution >= 0.6 is 0 Å². The molecule has 1 fully saturated rings. The third-order valence-electron chi connectivity index (χ3n) is 5.76. The third-order valence-corrected chi connectivity index (χ3v) is 7.75. The molecule has 2 amide bonds. The number of cyclic esters (lactones) is 1. The maximum absolute atomic E-state index is 12.4. The van der Waals surface area contributed by atoms with Crippen molar-refractivity contribution in [3.8, 4) is 11.1 Å². The number of anilines is 1. The average Bonchev–Trinajstić information content (AvgIpc) is 3.13. The minimum Gasteiger partial charge on any atom is -0.444 e. The van der Waals surface area contributed by atoms with Crippen molar-refractivity contribution in [3.05, 3.63) is 54.1 Å². The summed E-state index contributed by atoms with van der Waals surface area (Å²) in [6.45, 7) is 1.35. The van der Waals surface area contributed by atoms with Crippen LogP contribution in [0.15, 0.2) is 48.5 Å². The van der Waals surface area contributed by atoms with Crippen LogP contribution in [0.5, 0.6) is 0 Å². The second-order valence-electron chi connectivity index (χ2n) is 7.98. The normalized spacial score (nSPS) is 18.2. The molecule has 10 heteroatoms. The highest BCUT2D eigenvalue weighted by molar-refractivity contribution is 7.92. The Bertz CT molecular complexity index is 1080. The molecule has 0 aliphatic carbocycles. The van der Waals surface area contributed by atoms with Crippen LogP contribution in [-0.4, -0.2) is 61.0 Å². The van der Waals surface area contributed by atoms with E-state index in [0.29, 0.717) is 12.1 Å². The minimum atomic E-state index is -3.90. The lowest BCUT2D eigenvalue weighted by Crippen LogP contribution is -2.51. The van der Waals surface area contributed by atoms with Gasteiger partial charge in [-0.2, -0.15) is 0 Å². The number of hydrogen-bond donors (Lipinski definition) is 3. The highest BCUT2D eigenvalue weighted by atomic mass is 32.2. The number of hydrogen-bond acceptors (Lipinski definition) is 7. The van der Waals surface area contributed by atoms with E-state index >= 15 is 0 Å². The Hall–Kier alpha value is -2.95. The molecule has 2 aromatic carbocycles. The number of aliphatic hydroxyl groups is 1. The van der Waals surface area contributed by atoms with E-state index in [9.17, 15) is 18.0 Å². The molecule has 1 heterocycles. The van der Waals surface area contributed by atoms with Gasteiger partial charge in [0.25, 0.3) is 5.91 Å². The fourth-order valence-corrected chi connectivity index (χ4v) is 4.50. The summed E-state index contributed by atoms with van der Waals surface area (Å²) >= 11 is 0. The van der Waals surface area contributed by atoms with Crippen molar-refractivity contribution in [2.24, 2.45) is 0 Å². The average molecular weight is 463 g/mol. The second-order valence-corrected chi connectivity index (χ2v) is 10.4. The molecule has 1 aliphatic heterocycles. The molecule has 0 saturated carbocycles. The summed E-state index contributed by atoms with van der Waals surface area (Å²) in [7, 11) is -3.90. The Labute approximate surface area is 186 Å². The van der Waals surface area contributed by atoms with Crippen LogP contribution in [0.25, 0.3) is 11.1 Å². The Balaban J connectivity index is 1.74. The maximum atomic E-state index is 12.4. The van der Waals surface area contributed by atoms with Crippen LogP contribution in [0.2, 0.25) is 0 Å². The molecule has 2 atom stereocenters. The molecular weight excluding hydrogens is 436 g/mol. The topological polar surface area (TPSA) is 133 Å². The van der Waals surface area contributed by atoms with Crippen molar-refractivity contribution in [2.75, 3.05) is 24.3 Å². The highest BCUT2D eigenvalue weighted by Gasteiger charge is 2.48. The number of carbonyl (C=O) groups excluding carboxylic acids is 2. The number of nitrogens with zero attached hydrogens (tertiary/aromatic N) is 1. The van der Waals surface area contributed by atoms with Gasteiger partial charge in [-0.25, -0.2) is 18.7 Å². The molecule has 2 aromatic rings. The van der Waals surface area contributed by atoms with Crippen molar-refractivity contribution < 1.29 is 33.1 Å². The molecular formula is C22H26N2O7S. The Morgan fingerprint density at radius 2 is 1.72 bits per heavy atom. The number of carbonyl (C=O) groups is 2. The number of hydroxylamine groups is 1. The summed E-state index contributed by atoms with van der Waals surface area (Å²) < 4.78 is 27.7. The van der Waals surface area contributed by atoms with Crippen LogP contribution in [0.4, 0.5) is 10.5 Å². The molecule has 3 N–H and O–H groups in total. The SMILES string of the molecule is C[C@@](C[C@H]1CN(c2ccc(-c3ccc(CCO)cc3)cc2)C(=O)O1)(C(=O)NO)S(C)(=O)=O. The van der Waals surface area contributed by atoms with E-state index in [1.807, 2.05) is 36.4 Å². The first kappa shape index (κ1) is 23.7. The van der Waals surface area contributed by atoms with Gasteiger partial charge in [-0.1, -0.05) is 36.4 Å². The molecule has 9 nitrogen and oxygen atoms in total. The Kier molecular flexibility index (Phi) is 6.87. The molecule has 32 heavy (non-hydrogen) atoms. The van der Waals surface area contributed by atoms with Crippen molar-refractivity contribution in [1.82, 2.24) is 5.48 Å². The first-order chi connectivity index (χ1) is 15.1. The van der Waals surface area contributed by atoms with Crippen molar-refractivity contribution in [2.45, 2.75) is 30.6 Å². The third kappa shape index (κ3) is 4.77. The molecule has 3 rings (SSSR count). The van der Waals surface area contributed by atoms with E-state index in [2.05, 4.69) is 0 Å². The lowest BCUT2D eigenvalue weighted by atomic mass is 10.0. The predicted octanol–water partition coefficient (Wildman–Crippen LogP) is 1.91.